The van der Waals surface area contributed by atoms with Gasteiger partial charge in [0.2, 0.25) is 5.91 Å². The standard InChI is InChI=1S/C21H25F2N5O2/c1-21(2,12-29)20(30)25-16-11-24-28-9-7-18(26-19(16)28)27-8-3-4-17(27)14-10-13(22)5-6-15(14)23/h5-7,9-11,16-17,19,29H,3-4,8,12H2,1-2H3,(H,25,30)/t16?,17-,19?/m1/s1. The van der Waals surface area contributed by atoms with Gasteiger partial charge in [0.1, 0.15) is 23.5 Å². The largest absolute Gasteiger partial charge is 0.395 e. The minimum absolute atomic E-state index is 0.278. The SMILES string of the molecule is CC(C)(CO)C(=O)NC1C=NN2C=CC(N3CCC[C@@H]3c3cc(F)ccc3F)=NC12. The number of hydrogen-bond acceptors (Lipinski definition) is 6. The predicted octanol–water partition coefficient (Wildman–Crippen LogP) is 2.16. The normalized spacial score (nSPS) is 25.5. The summed E-state index contributed by atoms with van der Waals surface area (Å²) in [6.07, 6.45) is 6.24. The summed E-state index contributed by atoms with van der Waals surface area (Å²) in [5.41, 5.74) is -0.601. The third-order valence-electron chi connectivity index (χ3n) is 5.77. The van der Waals surface area contributed by atoms with E-state index in [0.29, 0.717) is 24.4 Å². The van der Waals surface area contributed by atoms with E-state index < -0.39 is 29.3 Å². The minimum atomic E-state index is -0.923. The molecule has 0 aliphatic carbocycles. The lowest BCUT2D eigenvalue weighted by Gasteiger charge is -2.33. The molecule has 0 saturated carbocycles. The van der Waals surface area contributed by atoms with Crippen molar-refractivity contribution in [2.45, 2.75) is 44.9 Å². The Labute approximate surface area is 173 Å². The number of amides is 1. The fraction of sp³-hybridized carbons (Fsp3) is 0.476. The van der Waals surface area contributed by atoms with Crippen molar-refractivity contribution in [3.05, 3.63) is 47.7 Å². The predicted molar refractivity (Wildman–Crippen MR) is 109 cm³/mol. The van der Waals surface area contributed by atoms with Crippen LogP contribution in [0.1, 0.15) is 38.3 Å². The number of aliphatic hydroxyl groups is 1. The molecule has 0 spiro atoms. The van der Waals surface area contributed by atoms with Gasteiger partial charge >= 0.3 is 0 Å². The summed E-state index contributed by atoms with van der Waals surface area (Å²) in [6, 6.07) is 2.75. The minimum Gasteiger partial charge on any atom is -0.395 e. The van der Waals surface area contributed by atoms with Crippen LogP contribution < -0.4 is 5.32 Å². The summed E-state index contributed by atoms with van der Waals surface area (Å²) >= 11 is 0. The molecule has 4 rings (SSSR count). The molecule has 1 fully saturated rings. The van der Waals surface area contributed by atoms with Crippen LogP contribution >= 0.6 is 0 Å². The molecule has 1 amide bonds. The van der Waals surface area contributed by atoms with Crippen molar-refractivity contribution in [3.63, 3.8) is 0 Å². The summed E-state index contributed by atoms with van der Waals surface area (Å²) < 4.78 is 28.1. The highest BCUT2D eigenvalue weighted by molar-refractivity contribution is 5.95. The topological polar surface area (TPSA) is 80.5 Å². The molecular formula is C21H25F2N5O2. The summed E-state index contributed by atoms with van der Waals surface area (Å²) in [5, 5.41) is 18.2. The van der Waals surface area contributed by atoms with Crippen LogP contribution in [0.4, 0.5) is 8.78 Å². The zero-order valence-electron chi connectivity index (χ0n) is 16.9. The maximum Gasteiger partial charge on any atom is 0.228 e. The number of nitrogens with zero attached hydrogens (tertiary/aromatic N) is 4. The number of aliphatic imine (C=N–C) groups is 1. The first kappa shape index (κ1) is 20.5. The number of carbonyl (C=O) groups is 1. The van der Waals surface area contributed by atoms with Crippen LogP contribution in [0.2, 0.25) is 0 Å². The van der Waals surface area contributed by atoms with E-state index in [1.54, 1.807) is 37.3 Å². The molecule has 3 heterocycles. The van der Waals surface area contributed by atoms with E-state index >= 15 is 0 Å². The number of halogens is 2. The van der Waals surface area contributed by atoms with Gasteiger partial charge in [0.15, 0.2) is 6.17 Å². The highest BCUT2D eigenvalue weighted by Gasteiger charge is 2.38. The quantitative estimate of drug-likeness (QED) is 0.787. The molecular weight excluding hydrogens is 392 g/mol. The first-order valence-corrected chi connectivity index (χ1v) is 10.0. The number of hydrogen-bond donors (Lipinski definition) is 2. The Morgan fingerprint density at radius 2 is 2.17 bits per heavy atom. The molecule has 1 aromatic rings. The Morgan fingerprint density at radius 1 is 1.37 bits per heavy atom. The van der Waals surface area contributed by atoms with E-state index in [-0.39, 0.29) is 18.6 Å². The van der Waals surface area contributed by atoms with Crippen LogP contribution in [0.15, 0.2) is 40.6 Å². The van der Waals surface area contributed by atoms with Gasteiger partial charge in [-0.2, -0.15) is 5.10 Å². The molecule has 0 bridgehead atoms. The van der Waals surface area contributed by atoms with Gasteiger partial charge in [0, 0.05) is 18.3 Å². The van der Waals surface area contributed by atoms with Crippen LogP contribution in [0, 0.1) is 17.0 Å². The molecule has 1 saturated heterocycles. The lowest BCUT2D eigenvalue weighted by Crippen LogP contribution is -2.51. The van der Waals surface area contributed by atoms with Crippen LogP contribution in [-0.2, 0) is 4.79 Å². The second-order valence-corrected chi connectivity index (χ2v) is 8.42. The number of fused-ring (bicyclic) bond motifs is 1. The Hall–Kier alpha value is -2.81. The summed E-state index contributed by atoms with van der Waals surface area (Å²) in [6.45, 7) is 3.71. The molecule has 1 aromatic carbocycles. The number of hydrazone groups is 1. The van der Waals surface area contributed by atoms with Crippen molar-refractivity contribution < 1.29 is 18.7 Å². The van der Waals surface area contributed by atoms with Gasteiger partial charge in [-0.05, 0) is 51.0 Å². The average molecular weight is 417 g/mol. The number of nitrogens with one attached hydrogen (secondary N) is 1. The Kier molecular flexibility index (Phi) is 5.31. The van der Waals surface area contributed by atoms with Crippen LogP contribution in [0.25, 0.3) is 0 Å². The number of likely N-dealkylation sites (tertiary alicyclic amines) is 1. The summed E-state index contributed by atoms with van der Waals surface area (Å²) in [4.78, 5) is 19.2. The number of rotatable bonds is 4. The van der Waals surface area contributed by atoms with Gasteiger partial charge in [0.05, 0.1) is 24.3 Å². The van der Waals surface area contributed by atoms with E-state index in [1.807, 2.05) is 4.90 Å². The molecule has 2 N–H and O–H groups in total. The second kappa shape index (κ2) is 7.79. The second-order valence-electron chi connectivity index (χ2n) is 8.42. The van der Waals surface area contributed by atoms with E-state index in [1.165, 1.54) is 6.07 Å². The lowest BCUT2D eigenvalue weighted by molar-refractivity contribution is -0.131. The van der Waals surface area contributed by atoms with E-state index in [0.717, 1.165) is 18.6 Å². The monoisotopic (exact) mass is 417 g/mol. The van der Waals surface area contributed by atoms with Crippen molar-refractivity contribution >= 4 is 18.0 Å². The van der Waals surface area contributed by atoms with Crippen molar-refractivity contribution in [2.75, 3.05) is 13.2 Å². The Bertz CT molecular complexity index is 930. The van der Waals surface area contributed by atoms with Crippen molar-refractivity contribution in [2.24, 2.45) is 15.5 Å². The highest BCUT2D eigenvalue weighted by atomic mass is 19.1. The van der Waals surface area contributed by atoms with Gasteiger partial charge in [0.25, 0.3) is 0 Å². The molecule has 0 aromatic heterocycles. The number of benzene rings is 1. The van der Waals surface area contributed by atoms with E-state index in [2.05, 4.69) is 10.4 Å². The molecule has 3 atom stereocenters. The van der Waals surface area contributed by atoms with Gasteiger partial charge < -0.3 is 15.3 Å². The molecule has 3 aliphatic heterocycles. The third kappa shape index (κ3) is 3.69. The molecule has 160 valence electrons. The summed E-state index contributed by atoms with van der Waals surface area (Å²) in [7, 11) is 0. The third-order valence-corrected chi connectivity index (χ3v) is 5.77. The zero-order chi connectivity index (χ0) is 21.5. The lowest BCUT2D eigenvalue weighted by atomic mass is 9.93. The fourth-order valence-electron chi connectivity index (χ4n) is 3.88. The van der Waals surface area contributed by atoms with Crippen molar-refractivity contribution in [1.29, 1.82) is 0 Å². The van der Waals surface area contributed by atoms with Gasteiger partial charge in [-0.1, -0.05) is 0 Å². The van der Waals surface area contributed by atoms with Crippen LogP contribution in [0.5, 0.6) is 0 Å². The van der Waals surface area contributed by atoms with Crippen molar-refractivity contribution in [3.8, 4) is 0 Å². The molecule has 2 unspecified atom stereocenters. The fourth-order valence-corrected chi connectivity index (χ4v) is 3.88. The molecule has 30 heavy (non-hydrogen) atoms. The van der Waals surface area contributed by atoms with Crippen molar-refractivity contribution in [1.82, 2.24) is 15.2 Å². The maximum atomic E-state index is 14.4. The average Bonchev–Trinajstić information content (AvgIpc) is 3.36. The molecule has 0 radical (unpaired) electrons. The molecule has 3 aliphatic rings. The summed E-state index contributed by atoms with van der Waals surface area (Å²) in [5.74, 6) is -0.552. The van der Waals surface area contributed by atoms with Crippen LogP contribution in [0.3, 0.4) is 0 Å². The molecule has 7 nitrogen and oxygen atoms in total. The maximum absolute atomic E-state index is 14.4. The van der Waals surface area contributed by atoms with Crippen LogP contribution in [-0.4, -0.2) is 58.3 Å². The number of carbonyl (C=O) groups excluding carboxylic acids is 1. The van der Waals surface area contributed by atoms with Gasteiger partial charge in [-0.25, -0.2) is 18.8 Å². The Balaban J connectivity index is 1.56. The first-order chi connectivity index (χ1) is 14.3. The van der Waals surface area contributed by atoms with E-state index in [9.17, 15) is 18.7 Å². The number of amidine groups is 1. The van der Waals surface area contributed by atoms with E-state index in [4.69, 9.17) is 4.99 Å². The first-order valence-electron chi connectivity index (χ1n) is 10.0. The zero-order valence-corrected chi connectivity index (χ0v) is 16.9. The Morgan fingerprint density at radius 3 is 2.93 bits per heavy atom. The number of aliphatic hydroxyl groups excluding tert-OH is 1. The molecule has 9 heteroatoms. The highest BCUT2D eigenvalue weighted by Crippen LogP contribution is 2.35. The van der Waals surface area contributed by atoms with Gasteiger partial charge in [-0.3, -0.25) is 4.79 Å². The smallest absolute Gasteiger partial charge is 0.228 e. The van der Waals surface area contributed by atoms with Gasteiger partial charge in [-0.15, -0.1) is 0 Å².